The summed E-state index contributed by atoms with van der Waals surface area (Å²) in [5.74, 6) is -1.10. The van der Waals surface area contributed by atoms with Crippen molar-refractivity contribution in [3.05, 3.63) is 88.2 Å². The molecule has 3 aromatic rings. The molecule has 3 aromatic carbocycles. The Balaban J connectivity index is 0.000000392. The maximum absolute atomic E-state index is 13.0. The minimum Gasteiger partial charge on any atom is -0.481 e. The van der Waals surface area contributed by atoms with E-state index in [4.69, 9.17) is 26.6 Å². The van der Waals surface area contributed by atoms with Gasteiger partial charge in [0.1, 0.15) is 17.3 Å². The maximum Gasteiger partial charge on any atom is 0.303 e. The van der Waals surface area contributed by atoms with Crippen molar-refractivity contribution in [2.75, 3.05) is 18.4 Å². The molecule has 36 heavy (non-hydrogen) atoms. The van der Waals surface area contributed by atoms with E-state index in [-0.39, 0.29) is 18.7 Å². The first-order chi connectivity index (χ1) is 17.3. The lowest BCUT2D eigenvalue weighted by Gasteiger charge is -2.16. The minimum absolute atomic E-state index is 0.276. The molecule has 7 nitrogen and oxygen atoms in total. The summed E-state index contributed by atoms with van der Waals surface area (Å²) < 4.78 is 18.7. The first-order valence-electron chi connectivity index (χ1n) is 11.5. The highest BCUT2D eigenvalue weighted by atomic mass is 35.5. The monoisotopic (exact) mass is 514 g/mol. The van der Waals surface area contributed by atoms with Crippen molar-refractivity contribution < 1.29 is 28.9 Å². The van der Waals surface area contributed by atoms with E-state index in [2.05, 4.69) is 16.7 Å². The van der Waals surface area contributed by atoms with Crippen LogP contribution in [0.5, 0.6) is 11.5 Å². The topological polar surface area (TPSA) is 108 Å². The van der Waals surface area contributed by atoms with Crippen molar-refractivity contribution in [2.45, 2.75) is 32.2 Å². The molecule has 0 aromatic heterocycles. The summed E-state index contributed by atoms with van der Waals surface area (Å²) in [6, 6.07) is 18.0. The van der Waals surface area contributed by atoms with Gasteiger partial charge in [0, 0.05) is 6.54 Å². The Morgan fingerprint density at radius 1 is 0.889 bits per heavy atom. The van der Waals surface area contributed by atoms with Gasteiger partial charge >= 0.3 is 11.9 Å². The third kappa shape index (κ3) is 8.55. The minimum atomic E-state index is -1.08. The molecule has 0 radical (unpaired) electrons. The summed E-state index contributed by atoms with van der Waals surface area (Å²) in [5, 5.41) is 23.5. The first-order valence-corrected chi connectivity index (χ1v) is 11.9. The highest BCUT2D eigenvalue weighted by molar-refractivity contribution is 6.33. The molecule has 0 saturated carbocycles. The van der Waals surface area contributed by atoms with Crippen LogP contribution in [0.4, 0.5) is 10.1 Å². The number of aliphatic carboxylic acids is 2. The highest BCUT2D eigenvalue weighted by Crippen LogP contribution is 2.31. The van der Waals surface area contributed by atoms with Crippen molar-refractivity contribution in [3.63, 3.8) is 0 Å². The normalized spacial score (nSPS) is 12.4. The zero-order chi connectivity index (χ0) is 25.9. The number of ether oxygens (including phenoxy) is 1. The lowest BCUT2D eigenvalue weighted by atomic mass is 10.0. The lowest BCUT2D eigenvalue weighted by Crippen LogP contribution is -2.16. The van der Waals surface area contributed by atoms with E-state index in [1.807, 2.05) is 30.3 Å². The fraction of sp³-hybridized carbons (Fsp3) is 0.259. The highest BCUT2D eigenvalue weighted by Gasteiger charge is 2.14. The zero-order valence-electron chi connectivity index (χ0n) is 19.6. The average Bonchev–Trinajstić information content (AvgIpc) is 3.11. The number of rotatable bonds is 8. The fourth-order valence-corrected chi connectivity index (χ4v) is 3.90. The number of carboxylic acid groups (broad SMARTS) is 2. The van der Waals surface area contributed by atoms with Gasteiger partial charge in [-0.2, -0.15) is 0 Å². The van der Waals surface area contributed by atoms with Crippen LogP contribution in [0, 0.1) is 5.82 Å². The Labute approximate surface area is 213 Å². The zero-order valence-corrected chi connectivity index (χ0v) is 20.4. The molecular formula is C27H28ClFN2O5. The summed E-state index contributed by atoms with van der Waals surface area (Å²) >= 11 is 6.48. The first kappa shape index (κ1) is 27.0. The average molecular weight is 515 g/mol. The predicted molar refractivity (Wildman–Crippen MR) is 136 cm³/mol. The predicted octanol–water partition coefficient (Wildman–Crippen LogP) is 5.51. The van der Waals surface area contributed by atoms with E-state index in [1.165, 1.54) is 23.3 Å². The number of halogens is 2. The van der Waals surface area contributed by atoms with E-state index in [1.54, 1.807) is 12.1 Å². The molecule has 1 heterocycles. The Hall–Kier alpha value is -3.62. The quantitative estimate of drug-likeness (QED) is 0.314. The molecular weight excluding hydrogens is 487 g/mol. The second kappa shape index (κ2) is 13.5. The smallest absolute Gasteiger partial charge is 0.303 e. The molecule has 0 unspecified atom stereocenters. The molecule has 0 bridgehead atoms. The Morgan fingerprint density at radius 2 is 1.47 bits per heavy atom. The van der Waals surface area contributed by atoms with Crippen molar-refractivity contribution >= 4 is 29.2 Å². The van der Waals surface area contributed by atoms with E-state index >= 15 is 0 Å². The van der Waals surface area contributed by atoms with Crippen molar-refractivity contribution in [1.82, 2.24) is 5.32 Å². The number of hydrogen-bond acceptors (Lipinski definition) is 5. The molecule has 0 fully saturated rings. The van der Waals surface area contributed by atoms with Gasteiger partial charge in [-0.15, -0.1) is 0 Å². The Bertz CT molecular complexity index is 1160. The Kier molecular flexibility index (Phi) is 10.1. The Morgan fingerprint density at radius 3 is 2.08 bits per heavy atom. The SMILES string of the molecule is Fc1ccc(Oc2ccc(CNc3c(Cl)ccc4c3CCNCC4)cc2)cc1.O=C(O)CCC(=O)O. The van der Waals surface area contributed by atoms with Crippen LogP contribution in [-0.4, -0.2) is 35.2 Å². The molecule has 9 heteroatoms. The van der Waals surface area contributed by atoms with Crippen LogP contribution in [0.15, 0.2) is 60.7 Å². The molecule has 190 valence electrons. The third-order valence-corrected chi connectivity index (χ3v) is 5.79. The number of fused-ring (bicyclic) bond motifs is 1. The third-order valence-electron chi connectivity index (χ3n) is 5.48. The summed E-state index contributed by atoms with van der Waals surface area (Å²) in [5.41, 5.74) is 4.84. The van der Waals surface area contributed by atoms with Crippen LogP contribution in [0.3, 0.4) is 0 Å². The van der Waals surface area contributed by atoms with E-state index in [0.717, 1.165) is 42.2 Å². The number of benzene rings is 3. The van der Waals surface area contributed by atoms with Crippen molar-refractivity contribution in [1.29, 1.82) is 0 Å². The van der Waals surface area contributed by atoms with Crippen LogP contribution in [0.1, 0.15) is 29.5 Å². The van der Waals surface area contributed by atoms with Gasteiger partial charge in [0.05, 0.1) is 23.6 Å². The second-order valence-electron chi connectivity index (χ2n) is 8.15. The molecule has 4 N–H and O–H groups in total. The largest absolute Gasteiger partial charge is 0.481 e. The molecule has 1 aliphatic heterocycles. The summed E-state index contributed by atoms with van der Waals surface area (Å²) in [6.45, 7) is 2.65. The fourth-order valence-electron chi connectivity index (χ4n) is 3.65. The lowest BCUT2D eigenvalue weighted by molar-refractivity contribution is -0.143. The van der Waals surface area contributed by atoms with Gasteiger partial charge in [-0.3, -0.25) is 9.59 Å². The molecule has 1 aliphatic rings. The summed E-state index contributed by atoms with van der Waals surface area (Å²) in [4.78, 5) is 19.3. The van der Waals surface area contributed by atoms with Gasteiger partial charge in [-0.05, 0) is 85.1 Å². The number of anilines is 1. The number of carbonyl (C=O) groups is 2. The van der Waals surface area contributed by atoms with Crippen LogP contribution >= 0.6 is 11.6 Å². The molecule has 0 amide bonds. The standard InChI is InChI=1S/C23H22ClFN2O.C4H6O4/c24-22-10-3-17-11-13-26-14-12-21(17)23(22)27-15-16-1-6-19(7-2-16)28-20-8-4-18(25)5-9-20;5-3(6)1-2-4(7)8/h1-10,26-27H,11-15H2;1-2H2,(H,5,6)(H,7,8). The van der Waals surface area contributed by atoms with Crippen LogP contribution in [0.2, 0.25) is 5.02 Å². The number of carboxylic acids is 2. The number of nitrogens with one attached hydrogen (secondary N) is 2. The maximum atomic E-state index is 13.0. The molecule has 4 rings (SSSR count). The van der Waals surface area contributed by atoms with E-state index in [0.29, 0.717) is 18.0 Å². The van der Waals surface area contributed by atoms with Crippen LogP contribution in [-0.2, 0) is 29.0 Å². The van der Waals surface area contributed by atoms with Gasteiger partial charge in [-0.1, -0.05) is 29.8 Å². The molecule has 0 spiro atoms. The van der Waals surface area contributed by atoms with E-state index in [9.17, 15) is 14.0 Å². The van der Waals surface area contributed by atoms with Gasteiger partial charge in [-0.25, -0.2) is 4.39 Å². The van der Waals surface area contributed by atoms with Gasteiger partial charge in [0.25, 0.3) is 0 Å². The molecule has 0 aliphatic carbocycles. The molecule has 0 saturated heterocycles. The van der Waals surface area contributed by atoms with E-state index < -0.39 is 11.9 Å². The van der Waals surface area contributed by atoms with Crippen molar-refractivity contribution in [2.24, 2.45) is 0 Å². The van der Waals surface area contributed by atoms with Gasteiger partial charge in [0.2, 0.25) is 0 Å². The summed E-state index contributed by atoms with van der Waals surface area (Å²) in [7, 11) is 0. The number of hydrogen-bond donors (Lipinski definition) is 4. The second-order valence-corrected chi connectivity index (χ2v) is 8.56. The van der Waals surface area contributed by atoms with Crippen molar-refractivity contribution in [3.8, 4) is 11.5 Å². The summed E-state index contributed by atoms with van der Waals surface area (Å²) in [6.07, 6.45) is 1.41. The van der Waals surface area contributed by atoms with Gasteiger partial charge < -0.3 is 25.6 Å². The van der Waals surface area contributed by atoms with Crippen LogP contribution in [0.25, 0.3) is 0 Å². The van der Waals surface area contributed by atoms with Crippen LogP contribution < -0.4 is 15.4 Å². The molecule has 0 atom stereocenters. The van der Waals surface area contributed by atoms with Gasteiger partial charge in [0.15, 0.2) is 0 Å².